The van der Waals surface area contributed by atoms with Crippen molar-refractivity contribution in [1.82, 2.24) is 15.1 Å². The number of piperidine rings is 1. The lowest BCUT2D eigenvalue weighted by Crippen LogP contribution is -2.51. The molecule has 2 aliphatic rings. The van der Waals surface area contributed by atoms with E-state index in [1.165, 1.54) is 0 Å². The second-order valence-corrected chi connectivity index (χ2v) is 7.28. The first-order valence-corrected chi connectivity index (χ1v) is 9.41. The molecule has 2 fully saturated rings. The molecule has 134 valence electrons. The van der Waals surface area contributed by atoms with Crippen molar-refractivity contribution in [3.05, 3.63) is 35.9 Å². The number of nitriles is 1. The number of carbonyl (C=O) groups is 1. The molecule has 2 amide bonds. The van der Waals surface area contributed by atoms with E-state index in [9.17, 15) is 10.1 Å². The smallest absolute Gasteiger partial charge is 0.317 e. The average molecular weight is 340 g/mol. The summed E-state index contributed by atoms with van der Waals surface area (Å²) in [5.74, 6) is 0. The van der Waals surface area contributed by atoms with Gasteiger partial charge in [0.05, 0.1) is 11.5 Å². The van der Waals surface area contributed by atoms with Crippen molar-refractivity contribution in [2.45, 2.75) is 44.1 Å². The predicted octanol–water partition coefficient (Wildman–Crippen LogP) is 2.74. The summed E-state index contributed by atoms with van der Waals surface area (Å²) in [5, 5.41) is 12.9. The van der Waals surface area contributed by atoms with Gasteiger partial charge in [-0.2, -0.15) is 5.26 Å². The SMILES string of the molecule is CCCN1CCC(NC(=O)N2CCC(C#N)(c3ccccc3)CC2)C1. The molecule has 0 aliphatic carbocycles. The highest BCUT2D eigenvalue weighted by Crippen LogP contribution is 2.34. The molecule has 3 rings (SSSR count). The maximum Gasteiger partial charge on any atom is 0.317 e. The Hall–Kier alpha value is -2.06. The number of amides is 2. The number of urea groups is 1. The van der Waals surface area contributed by atoms with E-state index in [0.29, 0.717) is 25.9 Å². The van der Waals surface area contributed by atoms with E-state index in [0.717, 1.165) is 38.0 Å². The van der Waals surface area contributed by atoms with Gasteiger partial charge in [0.25, 0.3) is 0 Å². The van der Waals surface area contributed by atoms with Gasteiger partial charge in [-0.15, -0.1) is 0 Å². The van der Waals surface area contributed by atoms with Crippen LogP contribution in [-0.4, -0.2) is 54.6 Å². The third kappa shape index (κ3) is 3.96. The monoisotopic (exact) mass is 340 g/mol. The normalized spacial score (nSPS) is 23.2. The van der Waals surface area contributed by atoms with Crippen LogP contribution in [0.4, 0.5) is 4.79 Å². The van der Waals surface area contributed by atoms with Gasteiger partial charge in [-0.1, -0.05) is 37.3 Å². The molecule has 1 atom stereocenters. The van der Waals surface area contributed by atoms with Gasteiger partial charge < -0.3 is 15.1 Å². The van der Waals surface area contributed by atoms with E-state index in [4.69, 9.17) is 0 Å². The maximum absolute atomic E-state index is 12.6. The lowest BCUT2D eigenvalue weighted by atomic mass is 9.74. The molecule has 1 aromatic rings. The van der Waals surface area contributed by atoms with E-state index in [2.05, 4.69) is 23.2 Å². The van der Waals surface area contributed by atoms with Gasteiger partial charge in [-0.3, -0.25) is 0 Å². The standard InChI is InChI=1S/C20H28N4O/c1-2-11-23-12-8-18(15-23)22-19(25)24-13-9-20(16-21,10-14-24)17-6-4-3-5-7-17/h3-7,18H,2,8-15H2,1H3,(H,22,25). The van der Waals surface area contributed by atoms with Crippen LogP contribution in [0.1, 0.15) is 38.2 Å². The van der Waals surface area contributed by atoms with E-state index < -0.39 is 5.41 Å². The number of benzene rings is 1. The summed E-state index contributed by atoms with van der Waals surface area (Å²) < 4.78 is 0. The van der Waals surface area contributed by atoms with Crippen LogP contribution in [-0.2, 0) is 5.41 Å². The highest BCUT2D eigenvalue weighted by molar-refractivity contribution is 5.74. The van der Waals surface area contributed by atoms with Crippen molar-refractivity contribution in [2.24, 2.45) is 0 Å². The Morgan fingerprint density at radius 1 is 1.28 bits per heavy atom. The van der Waals surface area contributed by atoms with Gasteiger partial charge in [-0.05, 0) is 37.8 Å². The summed E-state index contributed by atoms with van der Waals surface area (Å²) in [7, 11) is 0. The van der Waals surface area contributed by atoms with Gasteiger partial charge in [0, 0.05) is 32.2 Å². The molecule has 0 spiro atoms. The zero-order valence-electron chi connectivity index (χ0n) is 15.1. The Balaban J connectivity index is 1.53. The number of hydrogen-bond acceptors (Lipinski definition) is 3. The summed E-state index contributed by atoms with van der Waals surface area (Å²) in [6, 6.07) is 12.8. The van der Waals surface area contributed by atoms with Crippen LogP contribution in [0.2, 0.25) is 0 Å². The Bertz CT molecular complexity index is 616. The first-order valence-electron chi connectivity index (χ1n) is 9.41. The van der Waals surface area contributed by atoms with Crippen LogP contribution in [0.15, 0.2) is 30.3 Å². The van der Waals surface area contributed by atoms with Gasteiger partial charge >= 0.3 is 6.03 Å². The van der Waals surface area contributed by atoms with Crippen LogP contribution in [0, 0.1) is 11.3 Å². The zero-order chi connectivity index (χ0) is 17.7. The number of carbonyl (C=O) groups excluding carboxylic acids is 1. The summed E-state index contributed by atoms with van der Waals surface area (Å²) in [6.45, 7) is 6.61. The fourth-order valence-electron chi connectivity index (χ4n) is 4.05. The Kier molecular flexibility index (Phi) is 5.60. The molecule has 2 saturated heterocycles. The average Bonchev–Trinajstić information content (AvgIpc) is 3.10. The van der Waals surface area contributed by atoms with Gasteiger partial charge in [0.2, 0.25) is 0 Å². The lowest BCUT2D eigenvalue weighted by Gasteiger charge is -2.38. The number of rotatable bonds is 4. The Labute approximate surface area is 150 Å². The highest BCUT2D eigenvalue weighted by Gasteiger charge is 2.38. The van der Waals surface area contributed by atoms with Gasteiger partial charge in [-0.25, -0.2) is 4.79 Å². The van der Waals surface area contributed by atoms with Crippen molar-refractivity contribution in [3.8, 4) is 6.07 Å². The maximum atomic E-state index is 12.6. The third-order valence-electron chi connectivity index (χ3n) is 5.58. The van der Waals surface area contributed by atoms with Crippen LogP contribution in [0.25, 0.3) is 0 Å². The van der Waals surface area contributed by atoms with E-state index in [1.54, 1.807) is 0 Å². The van der Waals surface area contributed by atoms with E-state index in [-0.39, 0.29) is 12.1 Å². The van der Waals surface area contributed by atoms with Crippen molar-refractivity contribution < 1.29 is 4.79 Å². The molecule has 0 bridgehead atoms. The molecule has 0 aromatic heterocycles. The summed E-state index contributed by atoms with van der Waals surface area (Å²) in [5.41, 5.74) is 0.618. The topological polar surface area (TPSA) is 59.4 Å². The van der Waals surface area contributed by atoms with Gasteiger partial charge in [0.15, 0.2) is 0 Å². The third-order valence-corrected chi connectivity index (χ3v) is 5.58. The fraction of sp³-hybridized carbons (Fsp3) is 0.600. The lowest BCUT2D eigenvalue weighted by molar-refractivity contribution is 0.168. The summed E-state index contributed by atoms with van der Waals surface area (Å²) >= 11 is 0. The molecule has 1 unspecified atom stereocenters. The Morgan fingerprint density at radius 3 is 2.64 bits per heavy atom. The molecular weight excluding hydrogens is 312 g/mol. The molecule has 0 radical (unpaired) electrons. The van der Waals surface area contributed by atoms with Crippen molar-refractivity contribution in [3.63, 3.8) is 0 Å². The van der Waals surface area contributed by atoms with Crippen molar-refractivity contribution in [2.75, 3.05) is 32.7 Å². The van der Waals surface area contributed by atoms with Gasteiger partial charge in [0.1, 0.15) is 0 Å². The quantitative estimate of drug-likeness (QED) is 0.917. The Morgan fingerprint density at radius 2 is 2.00 bits per heavy atom. The molecule has 2 heterocycles. The first kappa shape index (κ1) is 17.8. The number of nitrogens with one attached hydrogen (secondary N) is 1. The number of nitrogens with zero attached hydrogens (tertiary/aromatic N) is 3. The molecule has 1 aromatic carbocycles. The second kappa shape index (κ2) is 7.88. The van der Waals surface area contributed by atoms with Crippen LogP contribution in [0.3, 0.4) is 0 Å². The van der Waals surface area contributed by atoms with Crippen LogP contribution in [0.5, 0.6) is 0 Å². The molecule has 2 aliphatic heterocycles. The zero-order valence-corrected chi connectivity index (χ0v) is 15.1. The molecule has 0 saturated carbocycles. The van der Waals surface area contributed by atoms with E-state index in [1.807, 2.05) is 35.2 Å². The molecule has 5 heteroatoms. The highest BCUT2D eigenvalue weighted by atomic mass is 16.2. The minimum absolute atomic E-state index is 0.0305. The summed E-state index contributed by atoms with van der Waals surface area (Å²) in [4.78, 5) is 16.9. The van der Waals surface area contributed by atoms with Crippen LogP contribution >= 0.6 is 0 Å². The number of hydrogen-bond donors (Lipinski definition) is 1. The summed E-state index contributed by atoms with van der Waals surface area (Å²) in [6.07, 6.45) is 3.59. The minimum Gasteiger partial charge on any atom is -0.334 e. The largest absolute Gasteiger partial charge is 0.334 e. The van der Waals surface area contributed by atoms with E-state index >= 15 is 0 Å². The second-order valence-electron chi connectivity index (χ2n) is 7.28. The fourth-order valence-corrected chi connectivity index (χ4v) is 4.05. The molecule has 1 N–H and O–H groups in total. The number of likely N-dealkylation sites (tertiary alicyclic amines) is 2. The minimum atomic E-state index is -0.455. The van der Waals surface area contributed by atoms with Crippen LogP contribution < -0.4 is 5.32 Å². The molecular formula is C20H28N4O. The first-order chi connectivity index (χ1) is 12.2. The van der Waals surface area contributed by atoms with Crippen molar-refractivity contribution >= 4 is 6.03 Å². The molecule has 25 heavy (non-hydrogen) atoms. The molecule has 5 nitrogen and oxygen atoms in total. The predicted molar refractivity (Wildman–Crippen MR) is 98.2 cm³/mol. The van der Waals surface area contributed by atoms with Crippen molar-refractivity contribution in [1.29, 1.82) is 5.26 Å².